The number of aromatic hydroxyl groups is 1. The molecule has 1 heterocycles. The van der Waals surface area contributed by atoms with E-state index in [1.807, 2.05) is 37.3 Å². The number of nitrogens with zero attached hydrogens (tertiary/aromatic N) is 1. The van der Waals surface area contributed by atoms with E-state index in [4.69, 9.17) is 0 Å². The molecule has 1 N–H and O–H groups in total. The molecule has 0 radical (unpaired) electrons. The Bertz CT molecular complexity index is 1160. The van der Waals surface area contributed by atoms with Crippen molar-refractivity contribution in [2.45, 2.75) is 18.2 Å². The number of ketones is 1. The van der Waals surface area contributed by atoms with Crippen molar-refractivity contribution >= 4 is 21.5 Å². The zero-order valence-electron chi connectivity index (χ0n) is 15.9. The number of sulfonamides is 1. The van der Waals surface area contributed by atoms with E-state index >= 15 is 0 Å². The second-order valence-electron chi connectivity index (χ2n) is 7.30. The first kappa shape index (κ1) is 19.2. The SMILES string of the molecule is Cc1ccc(S(=O)(=O)N2CC(Cc3ccccc3)C(=O)c3cc(O)ccc32)cc1. The minimum atomic E-state index is -3.85. The fourth-order valence-corrected chi connectivity index (χ4v) is 5.19. The summed E-state index contributed by atoms with van der Waals surface area (Å²) < 4.78 is 28.1. The van der Waals surface area contributed by atoms with Gasteiger partial charge in [0.15, 0.2) is 5.78 Å². The number of fused-ring (bicyclic) bond motifs is 1. The molecule has 5 nitrogen and oxygen atoms in total. The van der Waals surface area contributed by atoms with Crippen molar-refractivity contribution in [3.05, 3.63) is 89.5 Å². The predicted octanol–water partition coefficient (Wildman–Crippen LogP) is 3.95. The molecule has 0 fully saturated rings. The summed E-state index contributed by atoms with van der Waals surface area (Å²) in [7, 11) is -3.85. The summed E-state index contributed by atoms with van der Waals surface area (Å²) in [5, 5.41) is 9.90. The molecule has 148 valence electrons. The molecule has 29 heavy (non-hydrogen) atoms. The van der Waals surface area contributed by atoms with Gasteiger partial charge in [-0.25, -0.2) is 8.42 Å². The Morgan fingerprint density at radius 2 is 1.69 bits per heavy atom. The Morgan fingerprint density at radius 3 is 2.38 bits per heavy atom. The summed E-state index contributed by atoms with van der Waals surface area (Å²) >= 11 is 0. The second kappa shape index (κ2) is 7.37. The number of carbonyl (C=O) groups excluding carboxylic acids is 1. The number of benzene rings is 3. The topological polar surface area (TPSA) is 74.7 Å². The van der Waals surface area contributed by atoms with E-state index in [1.165, 1.54) is 22.5 Å². The van der Waals surface area contributed by atoms with Crippen LogP contribution in [0.2, 0.25) is 0 Å². The summed E-state index contributed by atoms with van der Waals surface area (Å²) in [6.07, 6.45) is 0.425. The minimum Gasteiger partial charge on any atom is -0.508 e. The van der Waals surface area contributed by atoms with E-state index in [9.17, 15) is 18.3 Å². The molecule has 0 saturated carbocycles. The Balaban J connectivity index is 1.79. The maximum absolute atomic E-state index is 13.4. The quantitative estimate of drug-likeness (QED) is 0.711. The molecule has 4 rings (SSSR count). The van der Waals surface area contributed by atoms with Crippen molar-refractivity contribution in [3.63, 3.8) is 0 Å². The Labute approximate surface area is 170 Å². The van der Waals surface area contributed by atoms with Crippen molar-refractivity contribution < 1.29 is 18.3 Å². The molecule has 0 spiro atoms. The first-order valence-corrected chi connectivity index (χ1v) is 10.8. The predicted molar refractivity (Wildman–Crippen MR) is 112 cm³/mol. The molecule has 0 amide bonds. The fraction of sp³-hybridized carbons (Fsp3) is 0.174. The normalized spacial score (nSPS) is 16.5. The van der Waals surface area contributed by atoms with Crippen molar-refractivity contribution in [2.75, 3.05) is 10.8 Å². The molecule has 1 unspecified atom stereocenters. The van der Waals surface area contributed by atoms with Gasteiger partial charge in [-0.15, -0.1) is 0 Å². The van der Waals surface area contributed by atoms with Gasteiger partial charge in [-0.2, -0.15) is 0 Å². The third-order valence-electron chi connectivity index (χ3n) is 5.21. The molecule has 1 aliphatic heterocycles. The fourth-order valence-electron chi connectivity index (χ4n) is 3.66. The van der Waals surface area contributed by atoms with Gasteiger partial charge in [0, 0.05) is 18.0 Å². The Kier molecular flexibility index (Phi) is 4.88. The first-order chi connectivity index (χ1) is 13.9. The number of aryl methyl sites for hydroxylation is 1. The molecular formula is C23H21NO4S. The van der Waals surface area contributed by atoms with E-state index in [0.29, 0.717) is 12.1 Å². The molecule has 1 atom stereocenters. The van der Waals surface area contributed by atoms with Gasteiger partial charge in [-0.3, -0.25) is 9.10 Å². The van der Waals surface area contributed by atoms with E-state index in [1.54, 1.807) is 24.3 Å². The molecule has 0 saturated heterocycles. The average molecular weight is 407 g/mol. The first-order valence-electron chi connectivity index (χ1n) is 9.37. The van der Waals surface area contributed by atoms with Gasteiger partial charge < -0.3 is 5.11 Å². The van der Waals surface area contributed by atoms with Crippen LogP contribution in [0.1, 0.15) is 21.5 Å². The number of anilines is 1. The van der Waals surface area contributed by atoms with Crippen molar-refractivity contribution in [3.8, 4) is 5.75 Å². The zero-order chi connectivity index (χ0) is 20.6. The highest BCUT2D eigenvalue weighted by molar-refractivity contribution is 7.92. The second-order valence-corrected chi connectivity index (χ2v) is 9.16. The lowest BCUT2D eigenvalue weighted by Crippen LogP contribution is -2.43. The molecule has 3 aromatic carbocycles. The summed E-state index contributed by atoms with van der Waals surface area (Å²) in [4.78, 5) is 13.3. The van der Waals surface area contributed by atoms with Crippen LogP contribution in [0.5, 0.6) is 5.75 Å². The molecule has 3 aromatic rings. The molecule has 6 heteroatoms. The van der Waals surface area contributed by atoms with Crippen LogP contribution in [0.15, 0.2) is 77.7 Å². The van der Waals surface area contributed by atoms with E-state index < -0.39 is 15.9 Å². The maximum atomic E-state index is 13.4. The van der Waals surface area contributed by atoms with Crippen LogP contribution in [0.25, 0.3) is 0 Å². The van der Waals surface area contributed by atoms with Gasteiger partial charge in [0.25, 0.3) is 10.0 Å². The number of phenolic OH excluding ortho intramolecular Hbond substituents is 1. The van der Waals surface area contributed by atoms with Crippen molar-refractivity contribution in [2.24, 2.45) is 5.92 Å². The highest BCUT2D eigenvalue weighted by Crippen LogP contribution is 2.37. The number of Topliss-reactive ketones (excluding diaryl/α,β-unsaturated/α-hetero) is 1. The molecule has 0 aromatic heterocycles. The lowest BCUT2D eigenvalue weighted by molar-refractivity contribution is 0.0918. The van der Waals surface area contributed by atoms with Crippen LogP contribution in [0.4, 0.5) is 5.69 Å². The van der Waals surface area contributed by atoms with Gasteiger partial charge in [0.2, 0.25) is 0 Å². The molecule has 1 aliphatic rings. The van der Waals surface area contributed by atoms with Gasteiger partial charge in [-0.1, -0.05) is 48.0 Å². The van der Waals surface area contributed by atoms with Gasteiger partial charge >= 0.3 is 0 Å². The summed E-state index contributed by atoms with van der Waals surface area (Å²) in [5.74, 6) is -0.757. The number of phenols is 1. The third kappa shape index (κ3) is 3.63. The Hall–Kier alpha value is -3.12. The highest BCUT2D eigenvalue weighted by Gasteiger charge is 2.38. The number of hydrogen-bond acceptors (Lipinski definition) is 4. The van der Waals surface area contributed by atoms with Crippen molar-refractivity contribution in [1.82, 2.24) is 0 Å². The van der Waals surface area contributed by atoms with E-state index in [0.717, 1.165) is 11.1 Å². The van der Waals surface area contributed by atoms with Crippen LogP contribution in [0, 0.1) is 12.8 Å². The monoisotopic (exact) mass is 407 g/mol. The largest absolute Gasteiger partial charge is 0.508 e. The number of rotatable bonds is 4. The molecular weight excluding hydrogens is 386 g/mol. The lowest BCUT2D eigenvalue weighted by atomic mass is 9.87. The maximum Gasteiger partial charge on any atom is 0.264 e. The third-order valence-corrected chi connectivity index (χ3v) is 7.00. The zero-order valence-corrected chi connectivity index (χ0v) is 16.8. The number of hydrogen-bond donors (Lipinski definition) is 1. The van der Waals surface area contributed by atoms with Crippen molar-refractivity contribution in [1.29, 1.82) is 0 Å². The van der Waals surface area contributed by atoms with Gasteiger partial charge in [0.05, 0.1) is 10.6 Å². The minimum absolute atomic E-state index is 0.0573. The number of carbonyl (C=O) groups is 1. The van der Waals surface area contributed by atoms with Gasteiger partial charge in [-0.05, 0) is 49.2 Å². The van der Waals surface area contributed by atoms with Crippen LogP contribution in [-0.4, -0.2) is 25.9 Å². The van der Waals surface area contributed by atoms with E-state index in [2.05, 4.69) is 0 Å². The smallest absolute Gasteiger partial charge is 0.264 e. The Morgan fingerprint density at radius 1 is 1.00 bits per heavy atom. The summed E-state index contributed by atoms with van der Waals surface area (Å²) in [6, 6.07) is 20.4. The van der Waals surface area contributed by atoms with Crippen LogP contribution in [0.3, 0.4) is 0 Å². The lowest BCUT2D eigenvalue weighted by Gasteiger charge is -2.34. The average Bonchev–Trinajstić information content (AvgIpc) is 2.71. The van der Waals surface area contributed by atoms with Crippen LogP contribution >= 0.6 is 0 Å². The summed E-state index contributed by atoms with van der Waals surface area (Å²) in [5.41, 5.74) is 2.46. The summed E-state index contributed by atoms with van der Waals surface area (Å²) in [6.45, 7) is 1.95. The standard InChI is InChI=1S/C23H21NO4S/c1-16-7-10-20(11-8-16)29(27,28)24-15-18(13-17-5-3-2-4-6-17)23(26)21-14-19(25)9-12-22(21)24/h2-12,14,18,25H,13,15H2,1H3. The highest BCUT2D eigenvalue weighted by atomic mass is 32.2. The van der Waals surface area contributed by atoms with Crippen LogP contribution < -0.4 is 4.31 Å². The molecule has 0 bridgehead atoms. The van der Waals surface area contributed by atoms with Crippen LogP contribution in [-0.2, 0) is 16.4 Å². The van der Waals surface area contributed by atoms with E-state index in [-0.39, 0.29) is 28.5 Å². The van der Waals surface area contributed by atoms with Gasteiger partial charge in [0.1, 0.15) is 5.75 Å². The molecule has 0 aliphatic carbocycles.